The number of aliphatic carboxylic acids is 1. The van der Waals surface area contributed by atoms with Gasteiger partial charge in [0.05, 0.1) is 13.0 Å². The Morgan fingerprint density at radius 2 is 1.58 bits per heavy atom. The first-order valence-corrected chi connectivity index (χ1v) is 9.29. The fraction of sp³-hybridized carbons (Fsp3) is 0.348. The summed E-state index contributed by atoms with van der Waals surface area (Å²) in [7, 11) is 0. The lowest BCUT2D eigenvalue weighted by molar-refractivity contribution is -0.136. The molecule has 3 heteroatoms. The normalized spacial score (nSPS) is 12.0. The molecule has 0 aromatic heterocycles. The zero-order valence-electron chi connectivity index (χ0n) is 15.6. The van der Waals surface area contributed by atoms with E-state index in [0.29, 0.717) is 6.61 Å². The minimum atomic E-state index is -0.820. The molecule has 1 aromatic carbocycles. The smallest absolute Gasteiger partial charge is 0.307 e. The van der Waals surface area contributed by atoms with Crippen LogP contribution in [0.4, 0.5) is 0 Å². The van der Waals surface area contributed by atoms with Gasteiger partial charge in [0.15, 0.2) is 0 Å². The molecular formula is C23H30O3. The van der Waals surface area contributed by atoms with Gasteiger partial charge >= 0.3 is 5.97 Å². The van der Waals surface area contributed by atoms with Crippen LogP contribution < -0.4 is 4.74 Å². The van der Waals surface area contributed by atoms with Gasteiger partial charge in [-0.15, -0.1) is 0 Å². The lowest BCUT2D eigenvalue weighted by atomic mass is 10.1. The maximum Gasteiger partial charge on any atom is 0.307 e. The molecule has 0 saturated heterocycles. The maximum atomic E-state index is 10.6. The number of rotatable bonds is 13. The molecule has 0 aliphatic carbocycles. The van der Waals surface area contributed by atoms with Gasteiger partial charge in [-0.05, 0) is 49.8 Å². The lowest BCUT2D eigenvalue weighted by Gasteiger charge is -2.05. The van der Waals surface area contributed by atoms with Crippen molar-refractivity contribution in [3.63, 3.8) is 0 Å². The molecule has 0 saturated carbocycles. The quantitative estimate of drug-likeness (QED) is 0.273. The van der Waals surface area contributed by atoms with E-state index in [1.807, 2.05) is 18.2 Å². The van der Waals surface area contributed by atoms with Crippen molar-refractivity contribution in [1.29, 1.82) is 0 Å². The number of hydrogen-bond donors (Lipinski definition) is 1. The molecule has 1 N–H and O–H groups in total. The Balaban J connectivity index is 2.08. The third kappa shape index (κ3) is 11.9. The summed E-state index contributed by atoms with van der Waals surface area (Å²) in [6, 6.07) is 7.23. The van der Waals surface area contributed by atoms with Gasteiger partial charge in [-0.3, -0.25) is 4.79 Å². The van der Waals surface area contributed by atoms with Gasteiger partial charge in [-0.1, -0.05) is 67.7 Å². The van der Waals surface area contributed by atoms with Crippen molar-refractivity contribution in [2.75, 3.05) is 6.61 Å². The van der Waals surface area contributed by atoms with Crippen LogP contribution in [0.5, 0.6) is 5.75 Å². The fourth-order valence-electron chi connectivity index (χ4n) is 2.22. The minimum Gasteiger partial charge on any atom is -0.494 e. The largest absolute Gasteiger partial charge is 0.494 e. The van der Waals surface area contributed by atoms with Crippen LogP contribution in [-0.4, -0.2) is 17.7 Å². The molecule has 0 amide bonds. The van der Waals surface area contributed by atoms with E-state index < -0.39 is 5.97 Å². The molecule has 0 fully saturated rings. The summed E-state index contributed by atoms with van der Waals surface area (Å²) in [5.74, 6) is -0.0407. The van der Waals surface area contributed by atoms with E-state index in [2.05, 4.69) is 49.5 Å². The predicted octanol–water partition coefficient (Wildman–Crippen LogP) is 5.89. The Hall–Kier alpha value is -2.55. The molecule has 0 aliphatic heterocycles. The molecule has 0 atom stereocenters. The second kappa shape index (κ2) is 14.8. The standard InChI is InChI=1S/C23H30O3/c1-2-3-4-5-6-7-8-9-10-11-12-13-14-19-26-22-17-15-21(16-18-22)20-23(24)25/h3-4,7-12,15-18H,2,5-6,13-14,19-20H2,1H3,(H,24,25)/b4-3-,8-7+,10-9-,12-11+. The Kier molecular flexibility index (Phi) is 12.2. The zero-order valence-corrected chi connectivity index (χ0v) is 15.6. The molecular weight excluding hydrogens is 324 g/mol. The predicted molar refractivity (Wildman–Crippen MR) is 109 cm³/mol. The average molecular weight is 354 g/mol. The van der Waals surface area contributed by atoms with Crippen molar-refractivity contribution in [3.05, 3.63) is 78.4 Å². The molecule has 1 aromatic rings. The molecule has 1 rings (SSSR count). The van der Waals surface area contributed by atoms with Gasteiger partial charge in [-0.25, -0.2) is 0 Å². The second-order valence-electron chi connectivity index (χ2n) is 5.90. The van der Waals surface area contributed by atoms with Crippen LogP contribution in [0.25, 0.3) is 0 Å². The summed E-state index contributed by atoms with van der Waals surface area (Å²) < 4.78 is 5.65. The van der Waals surface area contributed by atoms with Gasteiger partial charge in [0.2, 0.25) is 0 Å². The molecule has 3 nitrogen and oxygen atoms in total. The first kappa shape index (κ1) is 21.5. The van der Waals surface area contributed by atoms with E-state index in [1.54, 1.807) is 12.1 Å². The molecule has 140 valence electrons. The highest BCUT2D eigenvalue weighted by molar-refractivity contribution is 5.70. The molecule has 26 heavy (non-hydrogen) atoms. The Morgan fingerprint density at radius 3 is 2.23 bits per heavy atom. The number of allylic oxidation sites excluding steroid dienone is 8. The van der Waals surface area contributed by atoms with E-state index in [0.717, 1.165) is 43.4 Å². The van der Waals surface area contributed by atoms with Crippen molar-refractivity contribution >= 4 is 5.97 Å². The third-order valence-corrected chi connectivity index (χ3v) is 3.57. The average Bonchev–Trinajstić information content (AvgIpc) is 2.63. The number of benzene rings is 1. The highest BCUT2D eigenvalue weighted by atomic mass is 16.5. The van der Waals surface area contributed by atoms with Crippen molar-refractivity contribution in [3.8, 4) is 5.75 Å². The molecule has 0 spiro atoms. The monoisotopic (exact) mass is 354 g/mol. The molecule has 0 heterocycles. The topological polar surface area (TPSA) is 46.5 Å². The number of hydrogen-bond acceptors (Lipinski definition) is 2. The van der Waals surface area contributed by atoms with E-state index in [4.69, 9.17) is 9.84 Å². The summed E-state index contributed by atoms with van der Waals surface area (Å²) in [5.41, 5.74) is 0.783. The van der Waals surface area contributed by atoms with Gasteiger partial charge in [-0.2, -0.15) is 0 Å². The third-order valence-electron chi connectivity index (χ3n) is 3.57. The SMILES string of the molecule is CC/C=C\CC/C=C/C=C\C=C\CCCOc1ccc(CC(=O)O)cc1. The Bertz CT molecular complexity index is 607. The van der Waals surface area contributed by atoms with Crippen LogP contribution in [0, 0.1) is 0 Å². The number of ether oxygens (including phenoxy) is 1. The second-order valence-corrected chi connectivity index (χ2v) is 5.90. The highest BCUT2D eigenvalue weighted by Gasteiger charge is 2.00. The van der Waals surface area contributed by atoms with Crippen molar-refractivity contribution < 1.29 is 14.6 Å². The zero-order chi connectivity index (χ0) is 18.9. The summed E-state index contributed by atoms with van der Waals surface area (Å²) in [4.78, 5) is 10.6. The fourth-order valence-corrected chi connectivity index (χ4v) is 2.22. The van der Waals surface area contributed by atoms with E-state index >= 15 is 0 Å². The number of carboxylic acids is 1. The highest BCUT2D eigenvalue weighted by Crippen LogP contribution is 2.13. The van der Waals surface area contributed by atoms with Gasteiger partial charge in [0.1, 0.15) is 5.75 Å². The molecule has 0 aliphatic rings. The van der Waals surface area contributed by atoms with Crippen LogP contribution in [0.1, 0.15) is 44.6 Å². The van der Waals surface area contributed by atoms with Crippen LogP contribution in [-0.2, 0) is 11.2 Å². The summed E-state index contributed by atoms with van der Waals surface area (Å²) in [6.07, 6.45) is 22.2. The maximum absolute atomic E-state index is 10.6. The number of carbonyl (C=O) groups is 1. The minimum absolute atomic E-state index is 0.0453. The first-order chi connectivity index (χ1) is 12.7. The molecule has 0 unspecified atom stereocenters. The van der Waals surface area contributed by atoms with E-state index in [-0.39, 0.29) is 6.42 Å². The molecule has 0 bridgehead atoms. The van der Waals surface area contributed by atoms with Crippen LogP contribution in [0.15, 0.2) is 72.9 Å². The van der Waals surface area contributed by atoms with Crippen LogP contribution >= 0.6 is 0 Å². The first-order valence-electron chi connectivity index (χ1n) is 9.29. The summed E-state index contributed by atoms with van der Waals surface area (Å²) in [6.45, 7) is 2.80. The van der Waals surface area contributed by atoms with Crippen LogP contribution in [0.2, 0.25) is 0 Å². The molecule has 0 radical (unpaired) electrons. The Morgan fingerprint density at radius 1 is 0.923 bits per heavy atom. The lowest BCUT2D eigenvalue weighted by Crippen LogP contribution is -2.00. The van der Waals surface area contributed by atoms with E-state index in [1.165, 1.54) is 0 Å². The van der Waals surface area contributed by atoms with Crippen molar-refractivity contribution in [1.82, 2.24) is 0 Å². The van der Waals surface area contributed by atoms with Crippen molar-refractivity contribution in [2.24, 2.45) is 0 Å². The Labute approximate surface area is 157 Å². The summed E-state index contributed by atoms with van der Waals surface area (Å²) in [5, 5.41) is 8.73. The van der Waals surface area contributed by atoms with Gasteiger partial charge in [0.25, 0.3) is 0 Å². The van der Waals surface area contributed by atoms with Crippen molar-refractivity contribution in [2.45, 2.75) is 45.4 Å². The van der Waals surface area contributed by atoms with Gasteiger partial charge in [0, 0.05) is 0 Å². The number of carboxylic acid groups (broad SMARTS) is 1. The van der Waals surface area contributed by atoms with Crippen LogP contribution in [0.3, 0.4) is 0 Å². The summed E-state index contributed by atoms with van der Waals surface area (Å²) >= 11 is 0. The number of unbranched alkanes of at least 4 members (excludes halogenated alkanes) is 2. The van der Waals surface area contributed by atoms with Gasteiger partial charge < -0.3 is 9.84 Å². The van der Waals surface area contributed by atoms with E-state index in [9.17, 15) is 4.79 Å².